The van der Waals surface area contributed by atoms with E-state index >= 15 is 0 Å². The molecule has 0 bridgehead atoms. The van der Waals surface area contributed by atoms with E-state index in [1.165, 1.54) is 24.3 Å². The Hall–Kier alpha value is -3.84. The molecule has 0 saturated carbocycles. The van der Waals surface area contributed by atoms with Crippen LogP contribution < -0.4 is 4.74 Å². The van der Waals surface area contributed by atoms with Gasteiger partial charge in [-0.25, -0.2) is 9.59 Å². The van der Waals surface area contributed by atoms with Crippen molar-refractivity contribution in [2.24, 2.45) is 0 Å². The standard InChI is InChI=1S/C28H14Cl6N2O9/c1-43-27(37)23-17(35(39)40)3-5-19(25(23)21-13(31)7-11(29)8-14(21)32)45-20-6-4-18(36(41)42)24(28(38)44-2)26(20)22-15(33)9-12(30)10-16(22)34/h3-10H,1-2H3. The molecule has 0 aliphatic carbocycles. The third kappa shape index (κ3) is 6.60. The number of carbonyl (C=O) groups excluding carboxylic acids is 2. The molecule has 0 unspecified atom stereocenters. The zero-order chi connectivity index (χ0) is 33.3. The molecule has 0 aromatic heterocycles. The molecule has 4 aromatic rings. The molecule has 232 valence electrons. The SMILES string of the molecule is COC(=O)c1c([N+](=O)[O-])ccc(Oc2ccc([N+](=O)[O-])c(C(=O)OC)c2-c2c(Cl)cc(Cl)cc2Cl)c1-c1c(Cl)cc(Cl)cc1Cl. The van der Waals surface area contributed by atoms with Crippen molar-refractivity contribution in [3.05, 3.63) is 110 Å². The van der Waals surface area contributed by atoms with E-state index in [-0.39, 0.29) is 63.9 Å². The van der Waals surface area contributed by atoms with Crippen LogP contribution in [0.15, 0.2) is 48.5 Å². The van der Waals surface area contributed by atoms with Gasteiger partial charge in [0.1, 0.15) is 22.6 Å². The third-order valence-corrected chi connectivity index (χ3v) is 7.83. The average Bonchev–Trinajstić information content (AvgIpc) is 2.95. The fourth-order valence-electron chi connectivity index (χ4n) is 4.41. The molecule has 0 aliphatic heterocycles. The molecule has 0 spiro atoms. The van der Waals surface area contributed by atoms with E-state index in [2.05, 4.69) is 0 Å². The lowest BCUT2D eigenvalue weighted by molar-refractivity contribution is -0.385. The third-order valence-electron chi connectivity index (χ3n) is 6.20. The Balaban J connectivity index is 2.19. The number of hydrogen-bond donors (Lipinski definition) is 0. The zero-order valence-electron chi connectivity index (χ0n) is 22.5. The summed E-state index contributed by atoms with van der Waals surface area (Å²) in [6, 6.07) is 9.24. The Bertz CT molecular complexity index is 1750. The number of nitro groups is 2. The van der Waals surface area contributed by atoms with Gasteiger partial charge in [-0.05, 0) is 36.4 Å². The number of benzene rings is 4. The van der Waals surface area contributed by atoms with Crippen LogP contribution in [0, 0.1) is 20.2 Å². The number of hydrogen-bond acceptors (Lipinski definition) is 9. The van der Waals surface area contributed by atoms with Gasteiger partial charge in [0, 0.05) is 44.4 Å². The maximum atomic E-state index is 13.1. The molecular formula is C28H14Cl6N2O9. The van der Waals surface area contributed by atoms with Crippen LogP contribution in [0.5, 0.6) is 11.5 Å². The molecule has 0 heterocycles. The lowest BCUT2D eigenvalue weighted by atomic mass is 9.95. The molecule has 0 fully saturated rings. The molecule has 4 aromatic carbocycles. The van der Waals surface area contributed by atoms with Gasteiger partial charge < -0.3 is 14.2 Å². The highest BCUT2D eigenvalue weighted by Gasteiger charge is 2.35. The van der Waals surface area contributed by atoms with Crippen LogP contribution in [-0.2, 0) is 9.47 Å². The van der Waals surface area contributed by atoms with Crippen LogP contribution in [0.3, 0.4) is 0 Å². The molecular weight excluding hydrogens is 721 g/mol. The van der Waals surface area contributed by atoms with Gasteiger partial charge in [-0.15, -0.1) is 0 Å². The van der Waals surface area contributed by atoms with Gasteiger partial charge in [0.05, 0.1) is 44.2 Å². The van der Waals surface area contributed by atoms with Crippen molar-refractivity contribution in [1.82, 2.24) is 0 Å². The van der Waals surface area contributed by atoms with Crippen molar-refractivity contribution in [3.8, 4) is 33.8 Å². The predicted octanol–water partition coefficient (Wildman–Crippen LogP) is 10.1. The van der Waals surface area contributed by atoms with E-state index in [1.807, 2.05) is 0 Å². The Morgan fingerprint density at radius 1 is 0.578 bits per heavy atom. The molecule has 0 aliphatic rings. The number of methoxy groups -OCH3 is 2. The van der Waals surface area contributed by atoms with Crippen LogP contribution in [0.4, 0.5) is 11.4 Å². The molecule has 0 atom stereocenters. The number of esters is 2. The lowest BCUT2D eigenvalue weighted by Gasteiger charge is -2.20. The van der Waals surface area contributed by atoms with Crippen LogP contribution in [-0.4, -0.2) is 36.0 Å². The van der Waals surface area contributed by atoms with Crippen LogP contribution >= 0.6 is 69.6 Å². The molecule has 0 N–H and O–H groups in total. The van der Waals surface area contributed by atoms with Crippen molar-refractivity contribution in [2.45, 2.75) is 0 Å². The monoisotopic (exact) mass is 732 g/mol. The van der Waals surface area contributed by atoms with Gasteiger partial charge in [0.25, 0.3) is 11.4 Å². The summed E-state index contributed by atoms with van der Waals surface area (Å²) in [5.41, 5.74) is -3.44. The van der Waals surface area contributed by atoms with Crippen LogP contribution in [0.2, 0.25) is 30.1 Å². The van der Waals surface area contributed by atoms with Crippen LogP contribution in [0.25, 0.3) is 22.3 Å². The topological polar surface area (TPSA) is 148 Å². The summed E-state index contributed by atoms with van der Waals surface area (Å²) in [6.45, 7) is 0. The Labute approximate surface area is 283 Å². The van der Waals surface area contributed by atoms with Gasteiger partial charge in [0.2, 0.25) is 0 Å². The molecule has 0 saturated heterocycles. The fourth-order valence-corrected chi connectivity index (χ4v) is 6.43. The van der Waals surface area contributed by atoms with E-state index < -0.39 is 44.3 Å². The highest BCUT2D eigenvalue weighted by atomic mass is 35.5. The molecule has 11 nitrogen and oxygen atoms in total. The number of nitrogens with zero attached hydrogens (tertiary/aromatic N) is 2. The smallest absolute Gasteiger partial charge is 0.345 e. The van der Waals surface area contributed by atoms with Crippen molar-refractivity contribution < 1.29 is 33.6 Å². The van der Waals surface area contributed by atoms with E-state index in [0.29, 0.717) is 0 Å². The summed E-state index contributed by atoms with van der Waals surface area (Å²) in [6.07, 6.45) is 0. The van der Waals surface area contributed by atoms with Crippen molar-refractivity contribution in [1.29, 1.82) is 0 Å². The molecule has 4 rings (SSSR count). The van der Waals surface area contributed by atoms with Crippen molar-refractivity contribution in [3.63, 3.8) is 0 Å². The second-order valence-electron chi connectivity index (χ2n) is 8.75. The first kappa shape index (κ1) is 34.0. The minimum absolute atomic E-state index is 0.105. The summed E-state index contributed by atoms with van der Waals surface area (Å²) in [7, 11) is 1.99. The summed E-state index contributed by atoms with van der Waals surface area (Å²) >= 11 is 38.1. The normalized spacial score (nSPS) is 10.8. The van der Waals surface area contributed by atoms with Crippen molar-refractivity contribution >= 4 is 92.9 Å². The van der Waals surface area contributed by atoms with Crippen LogP contribution in [0.1, 0.15) is 20.7 Å². The molecule has 0 radical (unpaired) electrons. The lowest BCUT2D eigenvalue weighted by Crippen LogP contribution is -2.11. The zero-order valence-corrected chi connectivity index (χ0v) is 27.0. The van der Waals surface area contributed by atoms with Gasteiger partial charge >= 0.3 is 11.9 Å². The minimum atomic E-state index is -1.16. The Morgan fingerprint density at radius 2 is 0.889 bits per heavy atom. The number of rotatable bonds is 8. The second kappa shape index (κ2) is 13.7. The van der Waals surface area contributed by atoms with Gasteiger partial charge in [-0.2, -0.15) is 0 Å². The summed E-state index contributed by atoms with van der Waals surface area (Å²) in [5, 5.41) is 23.7. The van der Waals surface area contributed by atoms with E-state index in [9.17, 15) is 29.8 Å². The minimum Gasteiger partial charge on any atom is -0.465 e. The number of ether oxygens (including phenoxy) is 3. The quantitative estimate of drug-likeness (QED) is 0.0979. The highest BCUT2D eigenvalue weighted by molar-refractivity contribution is 6.43. The van der Waals surface area contributed by atoms with E-state index in [0.717, 1.165) is 38.5 Å². The van der Waals surface area contributed by atoms with E-state index in [1.54, 1.807) is 0 Å². The fraction of sp³-hybridized carbons (Fsp3) is 0.0714. The summed E-state index contributed by atoms with van der Waals surface area (Å²) in [5.74, 6) is -2.90. The Kier molecular flexibility index (Phi) is 10.3. The molecule has 17 heteroatoms. The Morgan fingerprint density at radius 3 is 1.16 bits per heavy atom. The first-order valence-electron chi connectivity index (χ1n) is 12.0. The average molecular weight is 735 g/mol. The van der Waals surface area contributed by atoms with Gasteiger partial charge in [-0.3, -0.25) is 20.2 Å². The van der Waals surface area contributed by atoms with Gasteiger partial charge in [-0.1, -0.05) is 69.6 Å². The first-order valence-corrected chi connectivity index (χ1v) is 14.3. The molecule has 0 amide bonds. The number of carbonyl (C=O) groups is 2. The second-order valence-corrected chi connectivity index (χ2v) is 11.3. The maximum absolute atomic E-state index is 13.1. The summed E-state index contributed by atoms with van der Waals surface area (Å²) in [4.78, 5) is 48.5. The van der Waals surface area contributed by atoms with E-state index in [4.69, 9.17) is 83.8 Å². The van der Waals surface area contributed by atoms with Gasteiger partial charge in [0.15, 0.2) is 0 Å². The maximum Gasteiger partial charge on any atom is 0.345 e. The summed E-state index contributed by atoms with van der Waals surface area (Å²) < 4.78 is 15.9. The van der Waals surface area contributed by atoms with Crippen molar-refractivity contribution in [2.75, 3.05) is 14.2 Å². The number of halogens is 6. The number of nitro benzene ring substituents is 2. The predicted molar refractivity (Wildman–Crippen MR) is 170 cm³/mol. The molecule has 45 heavy (non-hydrogen) atoms. The highest BCUT2D eigenvalue weighted by Crippen LogP contribution is 2.51. The first-order chi connectivity index (χ1) is 21.2. The largest absolute Gasteiger partial charge is 0.465 e.